The number of para-hydroxylation sites is 2. The molecule has 0 aliphatic heterocycles. The molecule has 246 valence electrons. The van der Waals surface area contributed by atoms with Crippen LogP contribution in [0.1, 0.15) is 27.8 Å². The second-order valence-electron chi connectivity index (χ2n) is 12.5. The molecule has 2 aromatic heterocycles. The van der Waals surface area contributed by atoms with Crippen LogP contribution in [-0.2, 0) is 12.4 Å². The second-order valence-corrected chi connectivity index (χ2v) is 12.5. The SMILES string of the molecule is Cc1ccc2c3ccccc3n(-c3cc(-c4ccc(C(F)(F)F)cc4C(F)(F)F)cc(-n4c5ccccc5c5ccc(C)cc54)c3C#N)c2c1. The molecule has 0 atom stereocenters. The summed E-state index contributed by atoms with van der Waals surface area (Å²) in [6.07, 6.45) is -10.1. The number of hydrogen-bond donors (Lipinski definition) is 0. The standard InChI is InChI=1S/C41H25F6N3/c1-23-11-14-30-28-7-3-5-9-34(28)49(36(30)17-23)38-19-25(27-16-13-26(40(42,43)44)21-33(27)41(45,46)47)20-39(32(38)22-48)50-35-10-6-4-8-29(35)31-15-12-24(2)18-37(31)50/h3-21H,1-2H3. The summed E-state index contributed by atoms with van der Waals surface area (Å²) in [5, 5.41) is 14.5. The number of hydrogen-bond acceptors (Lipinski definition) is 1. The van der Waals surface area contributed by atoms with Crippen LogP contribution in [0.3, 0.4) is 0 Å². The van der Waals surface area contributed by atoms with Crippen molar-refractivity contribution in [3.05, 3.63) is 143 Å². The minimum absolute atomic E-state index is 0.00668. The molecule has 0 radical (unpaired) electrons. The smallest absolute Gasteiger partial charge is 0.308 e. The van der Waals surface area contributed by atoms with Crippen LogP contribution in [0.15, 0.2) is 115 Å². The Morgan fingerprint density at radius 3 is 1.46 bits per heavy atom. The number of aromatic nitrogens is 2. The average Bonchev–Trinajstić information content (AvgIpc) is 3.58. The van der Waals surface area contributed by atoms with Gasteiger partial charge in [-0.15, -0.1) is 0 Å². The highest BCUT2D eigenvalue weighted by atomic mass is 19.4. The van der Waals surface area contributed by atoms with E-state index in [1.54, 1.807) is 0 Å². The third kappa shape index (κ3) is 4.82. The van der Waals surface area contributed by atoms with E-state index in [0.29, 0.717) is 28.5 Å². The molecule has 3 nitrogen and oxygen atoms in total. The van der Waals surface area contributed by atoms with Gasteiger partial charge >= 0.3 is 12.4 Å². The van der Waals surface area contributed by atoms with Crippen LogP contribution in [0.25, 0.3) is 66.1 Å². The topological polar surface area (TPSA) is 33.6 Å². The van der Waals surface area contributed by atoms with Crippen LogP contribution >= 0.6 is 0 Å². The lowest BCUT2D eigenvalue weighted by atomic mass is 9.94. The molecule has 9 heteroatoms. The highest BCUT2D eigenvalue weighted by Crippen LogP contribution is 2.45. The van der Waals surface area contributed by atoms with Crippen LogP contribution in [0.5, 0.6) is 0 Å². The van der Waals surface area contributed by atoms with E-state index in [1.165, 1.54) is 12.1 Å². The highest BCUT2D eigenvalue weighted by molar-refractivity contribution is 6.11. The zero-order chi connectivity index (χ0) is 35.1. The van der Waals surface area contributed by atoms with E-state index in [0.717, 1.165) is 49.8 Å². The minimum atomic E-state index is -5.11. The van der Waals surface area contributed by atoms with Gasteiger partial charge in [0, 0.05) is 21.5 Å². The normalized spacial score (nSPS) is 12.4. The van der Waals surface area contributed by atoms with Crippen molar-refractivity contribution >= 4 is 43.6 Å². The van der Waals surface area contributed by atoms with Gasteiger partial charge in [0.2, 0.25) is 0 Å². The molecule has 6 aromatic carbocycles. The monoisotopic (exact) mass is 673 g/mol. The lowest BCUT2D eigenvalue weighted by Gasteiger charge is -2.21. The Morgan fingerprint density at radius 2 is 1.00 bits per heavy atom. The van der Waals surface area contributed by atoms with Crippen LogP contribution < -0.4 is 0 Å². The van der Waals surface area contributed by atoms with Gasteiger partial charge in [-0.2, -0.15) is 31.6 Å². The Morgan fingerprint density at radius 1 is 0.520 bits per heavy atom. The van der Waals surface area contributed by atoms with Gasteiger partial charge < -0.3 is 9.13 Å². The van der Waals surface area contributed by atoms with Gasteiger partial charge in [0.15, 0.2) is 0 Å². The molecule has 50 heavy (non-hydrogen) atoms. The quantitative estimate of drug-likeness (QED) is 0.172. The Balaban J connectivity index is 1.58. The van der Waals surface area contributed by atoms with E-state index < -0.39 is 29.0 Å². The number of alkyl halides is 6. The molecule has 0 spiro atoms. The van der Waals surface area contributed by atoms with E-state index in [1.807, 2.05) is 108 Å². The first-order chi connectivity index (χ1) is 23.8. The van der Waals surface area contributed by atoms with Crippen LogP contribution in [0.4, 0.5) is 26.3 Å². The first-order valence-electron chi connectivity index (χ1n) is 15.7. The lowest BCUT2D eigenvalue weighted by molar-refractivity contribution is -0.142. The molecule has 0 fully saturated rings. The molecule has 0 unspecified atom stereocenters. The summed E-state index contributed by atoms with van der Waals surface area (Å²) in [6.45, 7) is 3.85. The second kappa shape index (κ2) is 11.0. The number of nitrogens with zero attached hydrogens (tertiary/aromatic N) is 3. The zero-order valence-corrected chi connectivity index (χ0v) is 26.6. The number of benzene rings is 6. The van der Waals surface area contributed by atoms with Gasteiger partial charge in [-0.3, -0.25) is 0 Å². The van der Waals surface area contributed by atoms with E-state index >= 15 is 0 Å². The van der Waals surface area contributed by atoms with Crippen molar-refractivity contribution in [3.63, 3.8) is 0 Å². The van der Waals surface area contributed by atoms with Crippen molar-refractivity contribution in [1.29, 1.82) is 5.26 Å². The van der Waals surface area contributed by atoms with E-state index in [2.05, 4.69) is 6.07 Å². The summed E-state index contributed by atoms with van der Waals surface area (Å²) in [4.78, 5) is 0. The maximum Gasteiger partial charge on any atom is 0.417 e. The van der Waals surface area contributed by atoms with E-state index in [4.69, 9.17) is 0 Å². The average molecular weight is 674 g/mol. The Bertz CT molecular complexity index is 2580. The van der Waals surface area contributed by atoms with Crippen molar-refractivity contribution < 1.29 is 26.3 Å². The fourth-order valence-corrected chi connectivity index (χ4v) is 7.12. The third-order valence-electron chi connectivity index (χ3n) is 9.31. The maximum absolute atomic E-state index is 14.7. The maximum atomic E-state index is 14.7. The number of fused-ring (bicyclic) bond motifs is 6. The van der Waals surface area contributed by atoms with Crippen LogP contribution in [-0.4, -0.2) is 9.13 Å². The number of halogens is 6. The molecule has 0 saturated carbocycles. The summed E-state index contributed by atoms with van der Waals surface area (Å²) in [6, 6.07) is 33.9. The molecule has 0 amide bonds. The molecular formula is C41H25F6N3. The van der Waals surface area contributed by atoms with Gasteiger partial charge in [-0.05, 0) is 84.6 Å². The van der Waals surface area contributed by atoms with Gasteiger partial charge in [-0.1, -0.05) is 66.7 Å². The number of rotatable bonds is 3. The summed E-state index contributed by atoms with van der Waals surface area (Å²) in [5.74, 6) is 0. The largest absolute Gasteiger partial charge is 0.417 e. The van der Waals surface area contributed by atoms with Crippen molar-refractivity contribution in [2.45, 2.75) is 26.2 Å². The molecule has 0 aliphatic rings. The molecule has 0 bridgehead atoms. The molecule has 2 heterocycles. The Hall–Kier alpha value is -6.01. The molecule has 0 saturated heterocycles. The molecule has 0 aliphatic carbocycles. The van der Waals surface area contributed by atoms with E-state index in [9.17, 15) is 31.6 Å². The van der Waals surface area contributed by atoms with Crippen LogP contribution in [0, 0.1) is 25.2 Å². The van der Waals surface area contributed by atoms with Gasteiger partial charge in [-0.25, -0.2) is 0 Å². The minimum Gasteiger partial charge on any atom is -0.308 e. The number of nitriles is 1. The summed E-state index contributed by atoms with van der Waals surface area (Å²) >= 11 is 0. The molecular weight excluding hydrogens is 648 g/mol. The van der Waals surface area contributed by atoms with Crippen molar-refractivity contribution in [1.82, 2.24) is 9.13 Å². The Kier molecular flexibility index (Phi) is 6.88. The zero-order valence-electron chi connectivity index (χ0n) is 26.6. The van der Waals surface area contributed by atoms with Crippen molar-refractivity contribution in [2.75, 3.05) is 0 Å². The Labute approximate surface area is 281 Å². The summed E-state index contributed by atoms with van der Waals surface area (Å²) < 4.78 is 89.0. The van der Waals surface area contributed by atoms with Gasteiger partial charge in [0.1, 0.15) is 11.6 Å². The van der Waals surface area contributed by atoms with Crippen molar-refractivity contribution in [3.8, 4) is 28.6 Å². The van der Waals surface area contributed by atoms with Crippen molar-refractivity contribution in [2.24, 2.45) is 0 Å². The molecule has 8 rings (SSSR count). The summed E-state index contributed by atoms with van der Waals surface area (Å²) in [7, 11) is 0. The molecule has 0 N–H and O–H groups in total. The fraction of sp³-hybridized carbons (Fsp3) is 0.0976. The van der Waals surface area contributed by atoms with Gasteiger partial charge in [0.05, 0.1) is 44.6 Å². The first-order valence-corrected chi connectivity index (χ1v) is 15.7. The predicted octanol–water partition coefficient (Wildman–Crippen LogP) is 12.1. The van der Waals surface area contributed by atoms with Crippen LogP contribution in [0.2, 0.25) is 0 Å². The van der Waals surface area contributed by atoms with E-state index in [-0.39, 0.29) is 17.2 Å². The first kappa shape index (κ1) is 31.3. The van der Waals surface area contributed by atoms with Gasteiger partial charge in [0.25, 0.3) is 0 Å². The predicted molar refractivity (Wildman–Crippen MR) is 185 cm³/mol. The fourth-order valence-electron chi connectivity index (χ4n) is 7.12. The molecule has 8 aromatic rings. The number of aryl methyl sites for hydroxylation is 2. The third-order valence-corrected chi connectivity index (χ3v) is 9.31. The lowest BCUT2D eigenvalue weighted by Crippen LogP contribution is -2.12. The summed E-state index contributed by atoms with van der Waals surface area (Å²) in [5.41, 5.74) is 2.26. The highest BCUT2D eigenvalue weighted by Gasteiger charge is 2.39.